The van der Waals surface area contributed by atoms with E-state index in [0.717, 1.165) is 6.54 Å². The van der Waals surface area contributed by atoms with Crippen LogP contribution in [0.5, 0.6) is 0 Å². The normalized spacial score (nSPS) is 12.4. The Kier molecular flexibility index (Phi) is 2.33. The Hall–Kier alpha value is -2.80. The molecule has 1 aliphatic heterocycles. The molecule has 1 heteroatoms. The zero-order chi connectivity index (χ0) is 14.5. The third-order valence-electron chi connectivity index (χ3n) is 4.63. The molecule has 104 valence electrons. The van der Waals surface area contributed by atoms with Crippen molar-refractivity contribution in [1.29, 1.82) is 0 Å². The molecule has 0 aliphatic carbocycles. The quantitative estimate of drug-likeness (QED) is 0.391. The van der Waals surface area contributed by atoms with Gasteiger partial charge in [0.05, 0.1) is 5.69 Å². The minimum Gasteiger partial charge on any atom is -0.336 e. The first-order valence-electron chi connectivity index (χ1n) is 7.68. The minimum absolute atomic E-state index is 0.971. The predicted molar refractivity (Wildman–Crippen MR) is 91.9 cm³/mol. The van der Waals surface area contributed by atoms with Gasteiger partial charge in [-0.2, -0.15) is 0 Å². The van der Waals surface area contributed by atoms with E-state index in [1.54, 1.807) is 0 Å². The molecule has 0 unspecified atom stereocenters. The van der Waals surface area contributed by atoms with Crippen molar-refractivity contribution in [3.63, 3.8) is 0 Å². The minimum atomic E-state index is 0.971. The first-order chi connectivity index (χ1) is 10.9. The van der Waals surface area contributed by atoms with Crippen LogP contribution in [0.15, 0.2) is 78.9 Å². The fraction of sp³-hybridized carbons (Fsp3) is 0.0476. The average molecular weight is 281 g/mol. The number of aromatic nitrogens is 1. The van der Waals surface area contributed by atoms with Crippen molar-refractivity contribution < 1.29 is 0 Å². The maximum Gasteiger partial charge on any atom is 0.0504 e. The third-order valence-corrected chi connectivity index (χ3v) is 4.63. The van der Waals surface area contributed by atoms with Crippen LogP contribution in [0.2, 0.25) is 0 Å². The second-order valence-electron chi connectivity index (χ2n) is 5.88. The lowest BCUT2D eigenvalue weighted by Gasteiger charge is -2.08. The fourth-order valence-electron chi connectivity index (χ4n) is 3.65. The number of para-hydroxylation sites is 1. The van der Waals surface area contributed by atoms with Crippen LogP contribution in [0.25, 0.3) is 33.3 Å². The maximum absolute atomic E-state index is 2.44. The van der Waals surface area contributed by atoms with Crippen LogP contribution < -0.4 is 0 Å². The number of hydrogen-bond acceptors (Lipinski definition) is 0. The molecule has 2 heterocycles. The molecule has 4 aromatic rings. The molecule has 1 aliphatic rings. The van der Waals surface area contributed by atoms with Gasteiger partial charge in [-0.15, -0.1) is 0 Å². The molecule has 0 radical (unpaired) electrons. The topological polar surface area (TPSA) is 4.93 Å². The number of nitrogens with zero attached hydrogens (tertiary/aromatic N) is 1. The number of benzene rings is 3. The Morgan fingerprint density at radius 2 is 1.55 bits per heavy atom. The number of hydrogen-bond donors (Lipinski definition) is 0. The van der Waals surface area contributed by atoms with E-state index < -0.39 is 0 Å². The molecule has 3 aromatic carbocycles. The van der Waals surface area contributed by atoms with E-state index in [0.29, 0.717) is 0 Å². The second-order valence-corrected chi connectivity index (χ2v) is 5.88. The van der Waals surface area contributed by atoms with Crippen molar-refractivity contribution in [3.05, 3.63) is 84.4 Å². The molecule has 0 bridgehead atoms. The van der Waals surface area contributed by atoms with Crippen molar-refractivity contribution in [1.82, 2.24) is 4.57 Å². The van der Waals surface area contributed by atoms with E-state index in [-0.39, 0.29) is 0 Å². The van der Waals surface area contributed by atoms with Crippen LogP contribution in [0.3, 0.4) is 0 Å². The van der Waals surface area contributed by atoms with Gasteiger partial charge in [-0.25, -0.2) is 0 Å². The van der Waals surface area contributed by atoms with Gasteiger partial charge >= 0.3 is 0 Å². The SMILES string of the molecule is c1ccc(-c2cccc3c2-c2cc4ccccc4n2C3)cc1. The molecule has 0 saturated carbocycles. The van der Waals surface area contributed by atoms with E-state index in [1.807, 2.05) is 0 Å². The highest BCUT2D eigenvalue weighted by Gasteiger charge is 2.23. The number of fused-ring (bicyclic) bond motifs is 5. The van der Waals surface area contributed by atoms with Gasteiger partial charge in [0.1, 0.15) is 0 Å². The van der Waals surface area contributed by atoms with Gasteiger partial charge in [-0.05, 0) is 28.8 Å². The van der Waals surface area contributed by atoms with E-state index >= 15 is 0 Å². The average Bonchev–Trinajstić information content (AvgIpc) is 3.11. The summed E-state index contributed by atoms with van der Waals surface area (Å²) in [5.74, 6) is 0. The Morgan fingerprint density at radius 1 is 0.727 bits per heavy atom. The first kappa shape index (κ1) is 11.8. The molecule has 1 aromatic heterocycles. The monoisotopic (exact) mass is 281 g/mol. The van der Waals surface area contributed by atoms with E-state index in [9.17, 15) is 0 Å². The molecular weight excluding hydrogens is 266 g/mol. The summed E-state index contributed by atoms with van der Waals surface area (Å²) in [7, 11) is 0. The lowest BCUT2D eigenvalue weighted by Crippen LogP contribution is -1.91. The van der Waals surface area contributed by atoms with Crippen LogP contribution >= 0.6 is 0 Å². The van der Waals surface area contributed by atoms with Crippen molar-refractivity contribution in [2.24, 2.45) is 0 Å². The smallest absolute Gasteiger partial charge is 0.0504 e. The summed E-state index contributed by atoms with van der Waals surface area (Å²) in [4.78, 5) is 0. The zero-order valence-corrected chi connectivity index (χ0v) is 12.2. The Morgan fingerprint density at radius 3 is 2.45 bits per heavy atom. The largest absolute Gasteiger partial charge is 0.336 e. The summed E-state index contributed by atoms with van der Waals surface area (Å²) in [5.41, 5.74) is 8.10. The van der Waals surface area contributed by atoms with E-state index in [2.05, 4.69) is 83.4 Å². The van der Waals surface area contributed by atoms with Gasteiger partial charge in [0, 0.05) is 23.0 Å². The lowest BCUT2D eigenvalue weighted by atomic mass is 9.95. The Bertz CT molecular complexity index is 993. The van der Waals surface area contributed by atoms with Crippen LogP contribution in [-0.4, -0.2) is 4.57 Å². The molecule has 5 rings (SSSR count). The highest BCUT2D eigenvalue weighted by molar-refractivity contribution is 5.94. The van der Waals surface area contributed by atoms with Gasteiger partial charge in [0.25, 0.3) is 0 Å². The molecule has 0 amide bonds. The van der Waals surface area contributed by atoms with Crippen molar-refractivity contribution in [3.8, 4) is 22.4 Å². The van der Waals surface area contributed by atoms with Crippen LogP contribution in [-0.2, 0) is 6.54 Å². The summed E-state index contributed by atoms with van der Waals surface area (Å²) >= 11 is 0. The van der Waals surface area contributed by atoms with E-state index in [4.69, 9.17) is 0 Å². The highest BCUT2D eigenvalue weighted by Crippen LogP contribution is 2.42. The maximum atomic E-state index is 2.44. The predicted octanol–water partition coefficient (Wildman–Crippen LogP) is 5.34. The molecule has 0 N–H and O–H groups in total. The van der Waals surface area contributed by atoms with Gasteiger partial charge < -0.3 is 4.57 Å². The molecule has 0 atom stereocenters. The van der Waals surface area contributed by atoms with Gasteiger partial charge in [-0.3, -0.25) is 0 Å². The second kappa shape index (κ2) is 4.35. The van der Waals surface area contributed by atoms with Crippen molar-refractivity contribution >= 4 is 10.9 Å². The Balaban J connectivity index is 1.83. The lowest BCUT2D eigenvalue weighted by molar-refractivity contribution is 0.887. The van der Waals surface area contributed by atoms with Crippen LogP contribution in [0.4, 0.5) is 0 Å². The summed E-state index contributed by atoms with van der Waals surface area (Å²) in [6.45, 7) is 0.971. The molecule has 22 heavy (non-hydrogen) atoms. The standard InChI is InChI=1S/C21H15N/c1-2-7-15(8-3-1)18-11-6-10-17-14-22-19-12-5-4-9-16(19)13-20(22)21(17)18/h1-13H,14H2. The Labute approximate surface area is 129 Å². The first-order valence-corrected chi connectivity index (χ1v) is 7.68. The van der Waals surface area contributed by atoms with E-state index in [1.165, 1.54) is 38.9 Å². The van der Waals surface area contributed by atoms with Crippen molar-refractivity contribution in [2.75, 3.05) is 0 Å². The molecule has 0 saturated heterocycles. The molecular formula is C21H15N. The summed E-state index contributed by atoms with van der Waals surface area (Å²) in [5, 5.41) is 1.33. The van der Waals surface area contributed by atoms with Gasteiger partial charge in [0.2, 0.25) is 0 Å². The molecule has 1 nitrogen and oxygen atoms in total. The number of rotatable bonds is 1. The third kappa shape index (κ3) is 1.54. The van der Waals surface area contributed by atoms with Crippen molar-refractivity contribution in [2.45, 2.75) is 6.54 Å². The summed E-state index contributed by atoms with van der Waals surface area (Å²) < 4.78 is 2.44. The molecule has 0 spiro atoms. The van der Waals surface area contributed by atoms with Crippen LogP contribution in [0, 0.1) is 0 Å². The summed E-state index contributed by atoms with van der Waals surface area (Å²) in [6, 6.07) is 28.3. The summed E-state index contributed by atoms with van der Waals surface area (Å²) in [6.07, 6.45) is 0. The molecule has 0 fully saturated rings. The van der Waals surface area contributed by atoms with Gasteiger partial charge in [0.15, 0.2) is 0 Å². The zero-order valence-electron chi connectivity index (χ0n) is 12.2. The fourth-order valence-corrected chi connectivity index (χ4v) is 3.65. The highest BCUT2D eigenvalue weighted by atomic mass is 15.0. The van der Waals surface area contributed by atoms with Crippen LogP contribution in [0.1, 0.15) is 5.56 Å². The van der Waals surface area contributed by atoms with Gasteiger partial charge in [-0.1, -0.05) is 66.7 Å².